The molecule has 18 heavy (non-hydrogen) atoms. The quantitative estimate of drug-likeness (QED) is 0.663. The number of benzene rings is 1. The first-order chi connectivity index (χ1) is 8.56. The van der Waals surface area contributed by atoms with Crippen molar-refractivity contribution in [2.75, 3.05) is 5.32 Å². The molecule has 6 heteroatoms. The average Bonchev–Trinajstić information content (AvgIpc) is 2.74. The lowest BCUT2D eigenvalue weighted by atomic mass is 10.2. The molecule has 0 aliphatic carbocycles. The first-order valence-corrected chi connectivity index (χ1v) is 5.52. The highest BCUT2D eigenvalue weighted by atomic mass is 16.6. The second-order valence-electron chi connectivity index (χ2n) is 4.13. The molecule has 0 spiro atoms. The summed E-state index contributed by atoms with van der Waals surface area (Å²) in [4.78, 5) is 10.4. The molecule has 1 N–H and O–H groups in total. The second-order valence-corrected chi connectivity index (χ2v) is 4.13. The Morgan fingerprint density at radius 1 is 1.50 bits per heavy atom. The number of rotatable bonds is 4. The van der Waals surface area contributed by atoms with E-state index >= 15 is 0 Å². The van der Waals surface area contributed by atoms with Gasteiger partial charge in [0.2, 0.25) is 0 Å². The van der Waals surface area contributed by atoms with Crippen LogP contribution in [0.25, 0.3) is 0 Å². The number of nitro benzene ring substituents is 1. The van der Waals surface area contributed by atoms with Crippen molar-refractivity contribution in [3.63, 3.8) is 0 Å². The molecule has 94 valence electrons. The van der Waals surface area contributed by atoms with Crippen LogP contribution in [0.1, 0.15) is 11.1 Å². The van der Waals surface area contributed by atoms with Crippen LogP contribution in [0.5, 0.6) is 0 Å². The van der Waals surface area contributed by atoms with Crippen molar-refractivity contribution in [1.29, 1.82) is 0 Å². The van der Waals surface area contributed by atoms with Gasteiger partial charge in [0.15, 0.2) is 0 Å². The van der Waals surface area contributed by atoms with Crippen LogP contribution in [0.4, 0.5) is 11.4 Å². The van der Waals surface area contributed by atoms with Gasteiger partial charge in [0.05, 0.1) is 11.1 Å². The Balaban J connectivity index is 2.10. The molecule has 1 heterocycles. The molecule has 0 atom stereocenters. The fourth-order valence-corrected chi connectivity index (χ4v) is 1.68. The zero-order chi connectivity index (χ0) is 13.1. The van der Waals surface area contributed by atoms with Crippen LogP contribution in [-0.2, 0) is 13.6 Å². The molecule has 2 rings (SSSR count). The Labute approximate surface area is 104 Å². The minimum Gasteiger partial charge on any atom is -0.381 e. The lowest BCUT2D eigenvalue weighted by Crippen LogP contribution is -2.00. The highest BCUT2D eigenvalue weighted by Crippen LogP contribution is 2.22. The molecule has 2 aromatic rings. The summed E-state index contributed by atoms with van der Waals surface area (Å²) in [6.07, 6.45) is 3.66. The third kappa shape index (κ3) is 2.65. The smallest absolute Gasteiger partial charge is 0.274 e. The van der Waals surface area contributed by atoms with E-state index in [0.717, 1.165) is 11.3 Å². The fourth-order valence-electron chi connectivity index (χ4n) is 1.68. The Bertz CT molecular complexity index is 577. The standard InChI is InChI=1S/C12H14N4O2/c1-9-3-4-11(5-12(9)16(17)18)13-6-10-7-14-15(2)8-10/h3-5,7-8,13H,6H2,1-2H3. The van der Waals surface area contributed by atoms with Gasteiger partial charge >= 0.3 is 0 Å². The Morgan fingerprint density at radius 3 is 2.89 bits per heavy atom. The number of nitrogens with zero attached hydrogens (tertiary/aromatic N) is 3. The highest BCUT2D eigenvalue weighted by molar-refractivity contribution is 5.54. The van der Waals surface area contributed by atoms with Gasteiger partial charge < -0.3 is 5.32 Å². The molecule has 6 nitrogen and oxygen atoms in total. The van der Waals surface area contributed by atoms with E-state index in [1.54, 1.807) is 29.9 Å². The van der Waals surface area contributed by atoms with E-state index in [9.17, 15) is 10.1 Å². The normalized spacial score (nSPS) is 10.3. The Kier molecular flexibility index (Phi) is 3.27. The molecule has 0 saturated carbocycles. The first kappa shape index (κ1) is 12.1. The molecule has 1 aromatic carbocycles. The Morgan fingerprint density at radius 2 is 2.28 bits per heavy atom. The SMILES string of the molecule is Cc1ccc(NCc2cnn(C)c2)cc1[N+](=O)[O-]. The van der Waals surface area contributed by atoms with Crippen LogP contribution in [0, 0.1) is 17.0 Å². The summed E-state index contributed by atoms with van der Waals surface area (Å²) in [5.74, 6) is 0. The topological polar surface area (TPSA) is 73.0 Å². The average molecular weight is 246 g/mol. The second kappa shape index (κ2) is 4.87. The van der Waals surface area contributed by atoms with E-state index in [-0.39, 0.29) is 10.6 Å². The number of aromatic nitrogens is 2. The maximum atomic E-state index is 10.8. The molecule has 0 radical (unpaired) electrons. The van der Waals surface area contributed by atoms with Crippen LogP contribution < -0.4 is 5.32 Å². The number of nitro groups is 1. The van der Waals surface area contributed by atoms with Gasteiger partial charge in [-0.15, -0.1) is 0 Å². The van der Waals surface area contributed by atoms with Crippen molar-refractivity contribution < 1.29 is 4.92 Å². The van der Waals surface area contributed by atoms with Gasteiger partial charge in [0.25, 0.3) is 5.69 Å². The largest absolute Gasteiger partial charge is 0.381 e. The summed E-state index contributed by atoms with van der Waals surface area (Å²) in [5, 5.41) is 18.0. The van der Waals surface area contributed by atoms with E-state index < -0.39 is 0 Å². The number of hydrogen-bond acceptors (Lipinski definition) is 4. The molecule has 0 bridgehead atoms. The molecular weight excluding hydrogens is 232 g/mol. The van der Waals surface area contributed by atoms with Gasteiger partial charge in [-0.3, -0.25) is 14.8 Å². The van der Waals surface area contributed by atoms with Crippen LogP contribution in [0.3, 0.4) is 0 Å². The monoisotopic (exact) mass is 246 g/mol. The fraction of sp³-hybridized carbons (Fsp3) is 0.250. The summed E-state index contributed by atoms with van der Waals surface area (Å²) >= 11 is 0. The molecule has 0 saturated heterocycles. The van der Waals surface area contributed by atoms with Crippen molar-refractivity contribution in [3.8, 4) is 0 Å². The maximum Gasteiger partial charge on any atom is 0.274 e. The maximum absolute atomic E-state index is 10.8. The van der Waals surface area contributed by atoms with Crippen LogP contribution >= 0.6 is 0 Å². The molecule has 0 amide bonds. The first-order valence-electron chi connectivity index (χ1n) is 5.52. The molecule has 0 aliphatic heterocycles. The predicted molar refractivity (Wildman–Crippen MR) is 68.4 cm³/mol. The summed E-state index contributed by atoms with van der Waals surface area (Å²) in [7, 11) is 1.85. The van der Waals surface area contributed by atoms with Crippen molar-refractivity contribution in [3.05, 3.63) is 51.8 Å². The zero-order valence-corrected chi connectivity index (χ0v) is 10.3. The van der Waals surface area contributed by atoms with E-state index in [4.69, 9.17) is 0 Å². The van der Waals surface area contributed by atoms with Crippen molar-refractivity contribution >= 4 is 11.4 Å². The summed E-state index contributed by atoms with van der Waals surface area (Å²) < 4.78 is 1.72. The van der Waals surface area contributed by atoms with Crippen LogP contribution in [0.2, 0.25) is 0 Å². The minimum atomic E-state index is -0.370. The number of nitrogens with one attached hydrogen (secondary N) is 1. The zero-order valence-electron chi connectivity index (χ0n) is 10.3. The minimum absolute atomic E-state index is 0.131. The molecule has 0 aliphatic rings. The van der Waals surface area contributed by atoms with Crippen LogP contribution in [-0.4, -0.2) is 14.7 Å². The summed E-state index contributed by atoms with van der Waals surface area (Å²) in [6.45, 7) is 2.32. The highest BCUT2D eigenvalue weighted by Gasteiger charge is 2.10. The third-order valence-corrected chi connectivity index (χ3v) is 2.66. The lowest BCUT2D eigenvalue weighted by Gasteiger charge is -2.05. The summed E-state index contributed by atoms with van der Waals surface area (Å²) in [6, 6.07) is 5.12. The molecule has 0 fully saturated rings. The van der Waals surface area contributed by atoms with E-state index in [1.807, 2.05) is 19.3 Å². The molecular formula is C12H14N4O2. The van der Waals surface area contributed by atoms with E-state index in [1.165, 1.54) is 0 Å². The van der Waals surface area contributed by atoms with Gasteiger partial charge in [-0.05, 0) is 13.0 Å². The van der Waals surface area contributed by atoms with Gasteiger partial charge in [0.1, 0.15) is 0 Å². The van der Waals surface area contributed by atoms with Gasteiger partial charge in [-0.25, -0.2) is 0 Å². The van der Waals surface area contributed by atoms with E-state index in [2.05, 4.69) is 10.4 Å². The molecule has 1 aromatic heterocycles. The number of anilines is 1. The number of hydrogen-bond donors (Lipinski definition) is 1. The van der Waals surface area contributed by atoms with E-state index in [0.29, 0.717) is 12.1 Å². The Hall–Kier alpha value is -2.37. The third-order valence-electron chi connectivity index (χ3n) is 2.66. The van der Waals surface area contributed by atoms with Gasteiger partial charge in [-0.2, -0.15) is 5.10 Å². The predicted octanol–water partition coefficient (Wildman–Crippen LogP) is 2.25. The van der Waals surface area contributed by atoms with Crippen molar-refractivity contribution in [2.24, 2.45) is 7.05 Å². The lowest BCUT2D eigenvalue weighted by molar-refractivity contribution is -0.385. The molecule has 0 unspecified atom stereocenters. The summed E-state index contributed by atoms with van der Waals surface area (Å²) in [5.41, 5.74) is 2.55. The van der Waals surface area contributed by atoms with Crippen molar-refractivity contribution in [2.45, 2.75) is 13.5 Å². The number of aryl methyl sites for hydroxylation is 2. The van der Waals surface area contributed by atoms with Gasteiger partial charge in [0, 0.05) is 42.7 Å². The van der Waals surface area contributed by atoms with Gasteiger partial charge in [-0.1, -0.05) is 6.07 Å². The van der Waals surface area contributed by atoms with Crippen LogP contribution in [0.15, 0.2) is 30.6 Å². The van der Waals surface area contributed by atoms with Crippen molar-refractivity contribution in [1.82, 2.24) is 9.78 Å².